The van der Waals surface area contributed by atoms with Crippen LogP contribution in [-0.4, -0.2) is 39.1 Å². The number of rotatable bonds is 6. The van der Waals surface area contributed by atoms with E-state index in [1.54, 1.807) is 0 Å². The monoisotopic (exact) mass is 355 g/mol. The number of ether oxygens (including phenoxy) is 1. The Morgan fingerprint density at radius 3 is 2.63 bits per heavy atom. The Bertz CT molecular complexity index is 592. The molecule has 1 aromatic heterocycles. The molecule has 0 bridgehead atoms. The summed E-state index contributed by atoms with van der Waals surface area (Å²) in [6.07, 6.45) is -0.142. The van der Waals surface area contributed by atoms with Gasteiger partial charge in [0.1, 0.15) is 4.90 Å². The third-order valence-electron chi connectivity index (χ3n) is 2.00. The van der Waals surface area contributed by atoms with E-state index in [2.05, 4.69) is 25.4 Å². The van der Waals surface area contributed by atoms with E-state index in [4.69, 9.17) is 9.52 Å². The largest absolute Gasteiger partial charge is 0.475 e. The van der Waals surface area contributed by atoms with Crippen molar-refractivity contribution >= 4 is 37.9 Å². The van der Waals surface area contributed by atoms with Crippen LogP contribution < -0.4 is 4.72 Å². The zero-order chi connectivity index (χ0) is 14.6. The highest BCUT2D eigenvalue weighted by Crippen LogP contribution is 2.25. The molecule has 0 saturated carbocycles. The molecule has 10 heteroatoms. The number of hydrogen-bond acceptors (Lipinski definition) is 6. The minimum absolute atomic E-state index is 0.142. The Morgan fingerprint density at radius 1 is 1.53 bits per heavy atom. The summed E-state index contributed by atoms with van der Waals surface area (Å²) in [5.74, 6) is -2.47. The molecule has 0 aliphatic carbocycles. The van der Waals surface area contributed by atoms with E-state index in [-0.39, 0.29) is 22.5 Å². The number of furan rings is 1. The molecule has 19 heavy (non-hydrogen) atoms. The second-order valence-corrected chi connectivity index (χ2v) is 5.73. The van der Waals surface area contributed by atoms with Gasteiger partial charge in [0.15, 0.2) is 4.67 Å². The van der Waals surface area contributed by atoms with Gasteiger partial charge in [0.05, 0.1) is 13.5 Å². The molecular formula is C9H10BrNO7S. The van der Waals surface area contributed by atoms with Crippen LogP contribution in [0, 0.1) is 0 Å². The van der Waals surface area contributed by atoms with Gasteiger partial charge in [0.2, 0.25) is 15.8 Å². The van der Waals surface area contributed by atoms with Gasteiger partial charge in [0, 0.05) is 12.6 Å². The van der Waals surface area contributed by atoms with Crippen molar-refractivity contribution in [2.24, 2.45) is 0 Å². The van der Waals surface area contributed by atoms with E-state index in [0.29, 0.717) is 0 Å². The highest BCUT2D eigenvalue weighted by molar-refractivity contribution is 9.10. The van der Waals surface area contributed by atoms with Crippen LogP contribution in [0.2, 0.25) is 0 Å². The number of carbonyl (C=O) groups is 2. The van der Waals surface area contributed by atoms with Gasteiger partial charge in [-0.15, -0.1) is 0 Å². The molecule has 0 spiro atoms. The molecule has 106 valence electrons. The number of carboxylic acid groups (broad SMARTS) is 1. The molecule has 1 aromatic rings. The van der Waals surface area contributed by atoms with E-state index in [0.717, 1.165) is 6.07 Å². The number of hydrogen-bond donors (Lipinski definition) is 2. The van der Waals surface area contributed by atoms with Gasteiger partial charge in [-0.25, -0.2) is 17.9 Å². The smallest absolute Gasteiger partial charge is 0.371 e. The average molecular weight is 356 g/mol. The highest BCUT2D eigenvalue weighted by atomic mass is 79.9. The van der Waals surface area contributed by atoms with Crippen LogP contribution in [0.4, 0.5) is 0 Å². The van der Waals surface area contributed by atoms with E-state index in [1.165, 1.54) is 7.11 Å². The van der Waals surface area contributed by atoms with Crippen molar-refractivity contribution in [1.29, 1.82) is 0 Å². The normalized spacial score (nSPS) is 11.3. The van der Waals surface area contributed by atoms with Crippen molar-refractivity contribution in [2.45, 2.75) is 11.3 Å². The summed E-state index contributed by atoms with van der Waals surface area (Å²) in [6, 6.07) is 0.868. The number of halogens is 1. The fraction of sp³-hybridized carbons (Fsp3) is 0.333. The van der Waals surface area contributed by atoms with Gasteiger partial charge in [-0.05, 0) is 15.9 Å². The Hall–Kier alpha value is -1.39. The lowest BCUT2D eigenvalue weighted by molar-refractivity contribution is -0.140. The van der Waals surface area contributed by atoms with Crippen molar-refractivity contribution in [3.8, 4) is 0 Å². The number of methoxy groups -OCH3 is 1. The molecule has 0 amide bonds. The molecule has 8 nitrogen and oxygen atoms in total. The molecule has 0 radical (unpaired) electrons. The third kappa shape index (κ3) is 4.04. The maximum Gasteiger partial charge on any atom is 0.371 e. The topological polar surface area (TPSA) is 123 Å². The van der Waals surface area contributed by atoms with Gasteiger partial charge in [-0.1, -0.05) is 0 Å². The average Bonchev–Trinajstić information content (AvgIpc) is 2.71. The first-order valence-corrected chi connectivity index (χ1v) is 7.14. The van der Waals surface area contributed by atoms with E-state index < -0.39 is 27.7 Å². The lowest BCUT2D eigenvalue weighted by Crippen LogP contribution is -2.26. The Morgan fingerprint density at radius 2 is 2.16 bits per heavy atom. The van der Waals surface area contributed by atoms with Gasteiger partial charge in [-0.3, -0.25) is 4.79 Å². The van der Waals surface area contributed by atoms with Gasteiger partial charge < -0.3 is 14.3 Å². The zero-order valence-electron chi connectivity index (χ0n) is 9.67. The third-order valence-corrected chi connectivity index (χ3v) is 4.32. The Labute approximate surface area is 116 Å². The molecule has 0 aliphatic rings. The van der Waals surface area contributed by atoms with Crippen LogP contribution in [0.1, 0.15) is 17.0 Å². The fourth-order valence-electron chi connectivity index (χ4n) is 1.11. The minimum Gasteiger partial charge on any atom is -0.475 e. The number of nitrogens with one attached hydrogen (secondary N) is 1. The van der Waals surface area contributed by atoms with Crippen LogP contribution in [0.15, 0.2) is 20.0 Å². The first kappa shape index (κ1) is 15.7. The lowest BCUT2D eigenvalue weighted by atomic mass is 10.4. The summed E-state index contributed by atoms with van der Waals surface area (Å²) in [5, 5.41) is 8.68. The number of carboxylic acids is 1. The maximum absolute atomic E-state index is 11.8. The van der Waals surface area contributed by atoms with E-state index in [9.17, 15) is 18.0 Å². The number of esters is 1. The highest BCUT2D eigenvalue weighted by Gasteiger charge is 2.24. The molecule has 0 saturated heterocycles. The SMILES string of the molecule is COC(=O)CCNS(=O)(=O)c1cc(C(=O)O)oc1Br. The quantitative estimate of drug-likeness (QED) is 0.715. The predicted molar refractivity (Wildman–Crippen MR) is 65.2 cm³/mol. The van der Waals surface area contributed by atoms with Crippen LogP contribution in [0.25, 0.3) is 0 Å². The fourth-order valence-corrected chi connectivity index (χ4v) is 3.08. The molecule has 0 aromatic carbocycles. The van der Waals surface area contributed by atoms with Crippen LogP contribution in [-0.2, 0) is 19.6 Å². The molecule has 1 rings (SSSR count). The number of aromatic carboxylic acids is 1. The maximum atomic E-state index is 11.8. The van der Waals surface area contributed by atoms with E-state index >= 15 is 0 Å². The molecule has 1 heterocycles. The summed E-state index contributed by atoms with van der Waals surface area (Å²) >= 11 is 2.81. The van der Waals surface area contributed by atoms with Gasteiger partial charge in [0.25, 0.3) is 0 Å². The van der Waals surface area contributed by atoms with Gasteiger partial charge in [-0.2, -0.15) is 0 Å². The van der Waals surface area contributed by atoms with Crippen LogP contribution in [0.5, 0.6) is 0 Å². The number of carbonyl (C=O) groups excluding carboxylic acids is 1. The Kier molecular flexibility index (Phi) is 5.09. The second-order valence-electron chi connectivity index (χ2n) is 3.28. The lowest BCUT2D eigenvalue weighted by Gasteiger charge is -2.03. The summed E-state index contributed by atoms with van der Waals surface area (Å²) < 4.78 is 34.6. The van der Waals surface area contributed by atoms with Crippen molar-refractivity contribution in [2.75, 3.05) is 13.7 Å². The van der Waals surface area contributed by atoms with Crippen LogP contribution in [0.3, 0.4) is 0 Å². The van der Waals surface area contributed by atoms with Crippen molar-refractivity contribution in [1.82, 2.24) is 4.72 Å². The van der Waals surface area contributed by atoms with Crippen molar-refractivity contribution in [3.63, 3.8) is 0 Å². The van der Waals surface area contributed by atoms with Crippen molar-refractivity contribution in [3.05, 3.63) is 16.5 Å². The van der Waals surface area contributed by atoms with Crippen LogP contribution >= 0.6 is 15.9 Å². The predicted octanol–water partition coefficient (Wildman–Crippen LogP) is 0.582. The molecule has 0 atom stereocenters. The van der Waals surface area contributed by atoms with Crippen molar-refractivity contribution < 1.29 is 32.3 Å². The molecular weight excluding hydrogens is 346 g/mol. The molecule has 2 N–H and O–H groups in total. The zero-order valence-corrected chi connectivity index (χ0v) is 12.1. The molecule has 0 aliphatic heterocycles. The summed E-state index contributed by atoms with van der Waals surface area (Å²) in [4.78, 5) is 21.1. The number of sulfonamides is 1. The minimum atomic E-state index is -3.97. The first-order valence-electron chi connectivity index (χ1n) is 4.87. The molecule has 0 unspecified atom stereocenters. The summed E-state index contributed by atoms with van der Waals surface area (Å²) in [6.45, 7) is -0.172. The Balaban J connectivity index is 2.83. The standard InChI is InChI=1S/C9H10BrNO7S/c1-17-7(12)2-3-11-19(15,16)6-4-5(9(13)14)18-8(6)10/h4,11H,2-3H2,1H3,(H,13,14). The summed E-state index contributed by atoms with van der Waals surface area (Å²) in [5.41, 5.74) is 0. The molecule has 0 fully saturated rings. The van der Waals surface area contributed by atoms with E-state index in [1.807, 2.05) is 0 Å². The second kappa shape index (κ2) is 6.17. The summed E-state index contributed by atoms with van der Waals surface area (Å²) in [7, 11) is -2.79. The first-order chi connectivity index (χ1) is 8.77. The van der Waals surface area contributed by atoms with Gasteiger partial charge >= 0.3 is 11.9 Å².